The van der Waals surface area contributed by atoms with Crippen molar-refractivity contribution in [3.05, 3.63) is 35.1 Å². The Morgan fingerprint density at radius 2 is 2.12 bits per heavy atom. The molecule has 1 saturated heterocycles. The third kappa shape index (κ3) is 3.46. The van der Waals surface area contributed by atoms with Crippen LogP contribution in [0.1, 0.15) is 36.5 Å². The van der Waals surface area contributed by atoms with E-state index in [1.165, 1.54) is 30.4 Å². The Labute approximate surface area is 106 Å². The molecule has 0 aromatic heterocycles. The molecule has 1 unspecified atom stereocenters. The molecule has 1 heterocycles. The monoisotopic (exact) mass is 254 g/mol. The highest BCUT2D eigenvalue weighted by molar-refractivity contribution is 7.99. The molecule has 1 atom stereocenters. The fraction of sp³-hybridized carbons (Fsp3) is 0.571. The molecule has 1 N–H and O–H groups in total. The topological polar surface area (TPSA) is 20.2 Å². The van der Waals surface area contributed by atoms with Crippen LogP contribution in [0.5, 0.6) is 0 Å². The van der Waals surface area contributed by atoms with Crippen LogP contribution in [-0.2, 0) is 0 Å². The molecule has 1 nitrogen and oxygen atoms in total. The largest absolute Gasteiger partial charge is 0.388 e. The molecule has 0 spiro atoms. The minimum atomic E-state index is -0.442. The molecule has 1 aliphatic rings. The Kier molecular flexibility index (Phi) is 4.46. The second-order valence-corrected chi connectivity index (χ2v) is 6.04. The molecule has 17 heavy (non-hydrogen) atoms. The van der Waals surface area contributed by atoms with Crippen LogP contribution < -0.4 is 0 Å². The van der Waals surface area contributed by atoms with Crippen LogP contribution in [0, 0.1) is 18.7 Å². The minimum Gasteiger partial charge on any atom is -0.388 e. The van der Waals surface area contributed by atoms with Crippen molar-refractivity contribution in [1.82, 2.24) is 0 Å². The van der Waals surface area contributed by atoms with Gasteiger partial charge in [0, 0.05) is 0 Å². The van der Waals surface area contributed by atoms with Gasteiger partial charge in [-0.3, -0.25) is 0 Å². The molecule has 0 radical (unpaired) electrons. The van der Waals surface area contributed by atoms with E-state index < -0.39 is 6.10 Å². The van der Waals surface area contributed by atoms with Crippen LogP contribution in [-0.4, -0.2) is 16.6 Å². The molecule has 0 aliphatic carbocycles. The van der Waals surface area contributed by atoms with Crippen molar-refractivity contribution in [2.24, 2.45) is 5.92 Å². The number of aliphatic hydroxyl groups is 1. The number of aliphatic hydroxyl groups excluding tert-OH is 1. The van der Waals surface area contributed by atoms with Crippen molar-refractivity contribution in [2.75, 3.05) is 11.5 Å². The Morgan fingerprint density at radius 1 is 1.41 bits per heavy atom. The maximum atomic E-state index is 13.1. The summed E-state index contributed by atoms with van der Waals surface area (Å²) in [5.41, 5.74) is 1.46. The number of rotatable bonds is 3. The molecule has 1 aromatic carbocycles. The molecule has 0 amide bonds. The van der Waals surface area contributed by atoms with Crippen LogP contribution in [0.4, 0.5) is 4.39 Å². The van der Waals surface area contributed by atoms with E-state index in [2.05, 4.69) is 0 Å². The van der Waals surface area contributed by atoms with Gasteiger partial charge in [0.05, 0.1) is 6.10 Å². The first kappa shape index (κ1) is 12.9. The van der Waals surface area contributed by atoms with Gasteiger partial charge >= 0.3 is 0 Å². The summed E-state index contributed by atoms with van der Waals surface area (Å²) in [5.74, 6) is 2.84. The smallest absolute Gasteiger partial charge is 0.126 e. The lowest BCUT2D eigenvalue weighted by molar-refractivity contribution is 0.141. The summed E-state index contributed by atoms with van der Waals surface area (Å²) in [7, 11) is 0. The van der Waals surface area contributed by atoms with Crippen molar-refractivity contribution >= 4 is 11.8 Å². The first-order valence-electron chi connectivity index (χ1n) is 6.18. The number of halogens is 1. The highest BCUT2D eigenvalue weighted by atomic mass is 32.2. The third-order valence-corrected chi connectivity index (χ3v) is 4.51. The fourth-order valence-electron chi connectivity index (χ4n) is 2.31. The number of hydrogen-bond acceptors (Lipinski definition) is 2. The van der Waals surface area contributed by atoms with Crippen molar-refractivity contribution in [3.8, 4) is 0 Å². The van der Waals surface area contributed by atoms with Gasteiger partial charge in [0.1, 0.15) is 5.82 Å². The highest BCUT2D eigenvalue weighted by Crippen LogP contribution is 2.31. The molecule has 2 rings (SSSR count). The molecular weight excluding hydrogens is 235 g/mol. The Bertz CT molecular complexity index is 374. The van der Waals surface area contributed by atoms with Gasteiger partial charge in [0.25, 0.3) is 0 Å². The van der Waals surface area contributed by atoms with E-state index in [0.717, 1.165) is 12.0 Å². The Morgan fingerprint density at radius 3 is 2.76 bits per heavy atom. The first-order valence-corrected chi connectivity index (χ1v) is 7.34. The number of aryl methyl sites for hydroxylation is 1. The van der Waals surface area contributed by atoms with Crippen molar-refractivity contribution in [1.29, 1.82) is 0 Å². The summed E-state index contributed by atoms with van der Waals surface area (Å²) in [6, 6.07) is 4.91. The lowest BCUT2D eigenvalue weighted by atomic mass is 9.92. The van der Waals surface area contributed by atoms with Gasteiger partial charge in [-0.1, -0.05) is 12.1 Å². The van der Waals surface area contributed by atoms with Gasteiger partial charge in [-0.25, -0.2) is 4.39 Å². The fourth-order valence-corrected chi connectivity index (χ4v) is 3.51. The average Bonchev–Trinajstić information content (AvgIpc) is 2.34. The minimum absolute atomic E-state index is 0.199. The summed E-state index contributed by atoms with van der Waals surface area (Å²) in [6.45, 7) is 1.74. The van der Waals surface area contributed by atoms with Crippen LogP contribution >= 0.6 is 11.8 Å². The Balaban J connectivity index is 1.98. The molecule has 94 valence electrons. The molecule has 0 bridgehead atoms. The van der Waals surface area contributed by atoms with Crippen molar-refractivity contribution in [2.45, 2.75) is 32.3 Å². The highest BCUT2D eigenvalue weighted by Gasteiger charge is 2.19. The molecule has 1 fully saturated rings. The van der Waals surface area contributed by atoms with E-state index in [4.69, 9.17) is 0 Å². The Hall–Kier alpha value is -0.540. The van der Waals surface area contributed by atoms with Gasteiger partial charge in [-0.05, 0) is 60.8 Å². The van der Waals surface area contributed by atoms with Crippen LogP contribution in [0.15, 0.2) is 18.2 Å². The lowest BCUT2D eigenvalue weighted by Gasteiger charge is -2.24. The lowest BCUT2D eigenvalue weighted by Crippen LogP contribution is -2.13. The molecule has 1 aliphatic heterocycles. The molecule has 1 aromatic rings. The van der Waals surface area contributed by atoms with E-state index in [9.17, 15) is 9.50 Å². The SMILES string of the molecule is Cc1cc(C(O)CC2CCSCC2)ccc1F. The maximum absolute atomic E-state index is 13.1. The van der Waals surface area contributed by atoms with E-state index in [-0.39, 0.29) is 5.82 Å². The molecule has 0 saturated carbocycles. The van der Waals surface area contributed by atoms with E-state index in [1.54, 1.807) is 19.1 Å². The molecule has 3 heteroatoms. The zero-order valence-corrected chi connectivity index (χ0v) is 11.0. The van der Waals surface area contributed by atoms with Gasteiger partial charge in [0.15, 0.2) is 0 Å². The van der Waals surface area contributed by atoms with E-state index in [0.29, 0.717) is 11.5 Å². The van der Waals surface area contributed by atoms with Gasteiger partial charge < -0.3 is 5.11 Å². The first-order chi connectivity index (χ1) is 8.16. The second kappa shape index (κ2) is 5.87. The third-order valence-electron chi connectivity index (χ3n) is 3.46. The van der Waals surface area contributed by atoms with Gasteiger partial charge in [-0.15, -0.1) is 0 Å². The zero-order valence-electron chi connectivity index (χ0n) is 10.2. The average molecular weight is 254 g/mol. The summed E-state index contributed by atoms with van der Waals surface area (Å²) >= 11 is 1.99. The summed E-state index contributed by atoms with van der Waals surface area (Å²) in [4.78, 5) is 0. The number of thioether (sulfide) groups is 1. The van der Waals surface area contributed by atoms with Crippen molar-refractivity contribution < 1.29 is 9.50 Å². The predicted molar refractivity (Wildman–Crippen MR) is 70.8 cm³/mol. The standard InChI is InChI=1S/C14H19FOS/c1-10-8-12(2-3-13(10)15)14(16)9-11-4-6-17-7-5-11/h2-3,8,11,14,16H,4-7,9H2,1H3. The van der Waals surface area contributed by atoms with Crippen LogP contribution in [0.2, 0.25) is 0 Å². The summed E-state index contributed by atoms with van der Waals surface area (Å²) < 4.78 is 13.1. The zero-order chi connectivity index (χ0) is 12.3. The molecular formula is C14H19FOS. The quantitative estimate of drug-likeness (QED) is 0.887. The van der Waals surface area contributed by atoms with Gasteiger partial charge in [0.2, 0.25) is 0 Å². The van der Waals surface area contributed by atoms with Crippen LogP contribution in [0.3, 0.4) is 0 Å². The summed E-state index contributed by atoms with van der Waals surface area (Å²) in [5, 5.41) is 10.2. The van der Waals surface area contributed by atoms with E-state index in [1.807, 2.05) is 11.8 Å². The van der Waals surface area contributed by atoms with E-state index >= 15 is 0 Å². The van der Waals surface area contributed by atoms with Gasteiger partial charge in [-0.2, -0.15) is 11.8 Å². The normalized spacial score (nSPS) is 19.2. The summed E-state index contributed by atoms with van der Waals surface area (Å²) in [6.07, 6.45) is 2.76. The predicted octanol–water partition coefficient (Wildman–Crippen LogP) is 3.70. The number of benzene rings is 1. The van der Waals surface area contributed by atoms with Crippen molar-refractivity contribution in [3.63, 3.8) is 0 Å². The maximum Gasteiger partial charge on any atom is 0.126 e. The second-order valence-electron chi connectivity index (χ2n) is 4.82. The van der Waals surface area contributed by atoms with Crippen LogP contribution in [0.25, 0.3) is 0 Å². The number of hydrogen-bond donors (Lipinski definition) is 1.